The molecule has 1 aromatic carbocycles. The van der Waals surface area contributed by atoms with Crippen LogP contribution in [0.3, 0.4) is 0 Å². The quantitative estimate of drug-likeness (QED) is 0.147. The van der Waals surface area contributed by atoms with Crippen molar-refractivity contribution in [2.45, 2.75) is 65.7 Å². The van der Waals surface area contributed by atoms with Gasteiger partial charge in [-0.05, 0) is 11.8 Å². The molecule has 0 aliphatic carbocycles. The zero-order valence-corrected chi connectivity index (χ0v) is 21.8. The van der Waals surface area contributed by atoms with Gasteiger partial charge in [0.15, 0.2) is 0 Å². The number of unbranched alkanes of at least 4 members (excludes halogenated alkanes) is 6. The Morgan fingerprint density at radius 1 is 1.04 bits per heavy atom. The molecule has 0 spiro atoms. The molecule has 2 N–H and O–H groups in total. The SMILES string of the molecule is OP(O)(=S)S.[CH2-]C(C)C.[CH2-]CCCCCCCC.[Zn].[c-]1ccccc1. The first kappa shape index (κ1) is 33.4. The molecular formula is C19H36O2PS2Zn-3. The fourth-order valence-electron chi connectivity index (χ4n) is 1.30. The maximum Gasteiger partial charge on any atom is 0.239 e. The van der Waals surface area contributed by atoms with Gasteiger partial charge in [-0.1, -0.05) is 71.5 Å². The molecular weight excluding hydrogens is 421 g/mol. The van der Waals surface area contributed by atoms with Gasteiger partial charge in [0.25, 0.3) is 0 Å². The molecule has 1 rings (SSSR count). The fourth-order valence-corrected chi connectivity index (χ4v) is 1.30. The van der Waals surface area contributed by atoms with Gasteiger partial charge in [0.05, 0.1) is 0 Å². The van der Waals surface area contributed by atoms with Crippen molar-refractivity contribution in [1.29, 1.82) is 0 Å². The van der Waals surface area contributed by atoms with Crippen molar-refractivity contribution in [3.8, 4) is 0 Å². The summed E-state index contributed by atoms with van der Waals surface area (Å²) >= 11 is 7.07. The Morgan fingerprint density at radius 2 is 1.40 bits per heavy atom. The van der Waals surface area contributed by atoms with Crippen molar-refractivity contribution in [3.63, 3.8) is 0 Å². The van der Waals surface area contributed by atoms with E-state index in [9.17, 15) is 0 Å². The van der Waals surface area contributed by atoms with Crippen LogP contribution in [-0.4, -0.2) is 9.79 Å². The Bertz CT molecular complexity index is 316. The van der Waals surface area contributed by atoms with E-state index < -0.39 is 5.69 Å². The van der Waals surface area contributed by atoms with E-state index in [1.807, 2.05) is 30.3 Å². The average Bonchev–Trinajstić information content (AvgIpc) is 2.47. The van der Waals surface area contributed by atoms with E-state index in [1.165, 1.54) is 38.5 Å². The van der Waals surface area contributed by atoms with E-state index in [-0.39, 0.29) is 19.5 Å². The van der Waals surface area contributed by atoms with Crippen molar-refractivity contribution in [2.75, 3.05) is 0 Å². The molecule has 0 heterocycles. The summed E-state index contributed by atoms with van der Waals surface area (Å²) in [6, 6.07) is 12.5. The van der Waals surface area contributed by atoms with Crippen LogP contribution in [0, 0.1) is 25.8 Å². The molecule has 6 heteroatoms. The van der Waals surface area contributed by atoms with Crippen LogP contribution in [0.25, 0.3) is 0 Å². The number of rotatable bonds is 6. The second-order valence-corrected chi connectivity index (χ2v) is 10.6. The number of hydrogen-bond acceptors (Lipinski definition) is 1. The third-order valence-corrected chi connectivity index (χ3v) is 2.21. The second-order valence-electron chi connectivity index (χ2n) is 5.61. The minimum Gasteiger partial charge on any atom is -0.343 e. The molecule has 1 aromatic rings. The minimum atomic E-state index is -3.11. The molecule has 0 amide bonds. The Labute approximate surface area is 180 Å². The molecule has 2 nitrogen and oxygen atoms in total. The predicted molar refractivity (Wildman–Crippen MR) is 117 cm³/mol. The first-order valence-electron chi connectivity index (χ1n) is 8.46. The molecule has 0 radical (unpaired) electrons. The summed E-state index contributed by atoms with van der Waals surface area (Å²) in [6.07, 6.45) is 9.45. The largest absolute Gasteiger partial charge is 0.343 e. The minimum absolute atomic E-state index is 0. The molecule has 0 saturated carbocycles. The maximum absolute atomic E-state index is 7.87. The summed E-state index contributed by atoms with van der Waals surface area (Å²) in [4.78, 5) is 15.7. The van der Waals surface area contributed by atoms with Gasteiger partial charge < -0.3 is 23.6 Å². The average molecular weight is 457 g/mol. The number of hydrogen-bond donors (Lipinski definition) is 3. The summed E-state index contributed by atoms with van der Waals surface area (Å²) in [5.74, 6) is 0.583. The van der Waals surface area contributed by atoms with Crippen LogP contribution >= 0.6 is 17.9 Å². The van der Waals surface area contributed by atoms with Crippen LogP contribution in [0.15, 0.2) is 30.3 Å². The Balaban J connectivity index is -0.000000122. The molecule has 0 atom stereocenters. The molecule has 0 aliphatic rings. The summed E-state index contributed by atoms with van der Waals surface area (Å²) < 4.78 is 0. The predicted octanol–water partition coefficient (Wildman–Crippen LogP) is 6.66. The van der Waals surface area contributed by atoms with Crippen molar-refractivity contribution < 1.29 is 29.3 Å². The van der Waals surface area contributed by atoms with Crippen LogP contribution in [-0.2, 0) is 31.3 Å². The van der Waals surface area contributed by atoms with E-state index in [0.717, 1.165) is 6.42 Å². The molecule has 0 saturated heterocycles. The maximum atomic E-state index is 7.87. The molecule has 146 valence electrons. The molecule has 0 fully saturated rings. The van der Waals surface area contributed by atoms with Crippen LogP contribution in [0.5, 0.6) is 0 Å². The van der Waals surface area contributed by atoms with E-state index in [4.69, 9.17) is 9.79 Å². The first-order valence-corrected chi connectivity index (χ1v) is 12.3. The first-order chi connectivity index (χ1) is 11.1. The molecule has 0 aromatic heterocycles. The topological polar surface area (TPSA) is 40.5 Å². The number of benzene rings is 1. The molecule has 25 heavy (non-hydrogen) atoms. The van der Waals surface area contributed by atoms with Crippen molar-refractivity contribution in [3.05, 3.63) is 50.2 Å². The van der Waals surface area contributed by atoms with Gasteiger partial charge in [-0.3, -0.25) is 0 Å². The smallest absolute Gasteiger partial charge is 0.239 e. The van der Waals surface area contributed by atoms with Gasteiger partial charge in [-0.25, -0.2) is 0 Å². The van der Waals surface area contributed by atoms with E-state index in [2.05, 4.69) is 64.7 Å². The van der Waals surface area contributed by atoms with E-state index in [1.54, 1.807) is 0 Å². The third-order valence-electron chi connectivity index (χ3n) is 2.21. The van der Waals surface area contributed by atoms with Crippen LogP contribution in [0.1, 0.15) is 65.7 Å². The summed E-state index contributed by atoms with van der Waals surface area (Å²) in [6.45, 7) is 13.8. The fraction of sp³-hybridized carbons (Fsp3) is 0.579. The zero-order chi connectivity index (χ0) is 19.3. The van der Waals surface area contributed by atoms with E-state index in [0.29, 0.717) is 5.92 Å². The van der Waals surface area contributed by atoms with Gasteiger partial charge in [-0.15, -0.1) is 0 Å². The van der Waals surface area contributed by atoms with Gasteiger partial charge in [-0.2, -0.15) is 48.7 Å². The third kappa shape index (κ3) is 78.8. The number of thiol groups is 1. The van der Waals surface area contributed by atoms with Crippen molar-refractivity contribution in [1.82, 2.24) is 0 Å². The van der Waals surface area contributed by atoms with Crippen molar-refractivity contribution in [2.24, 2.45) is 5.92 Å². The van der Waals surface area contributed by atoms with Crippen molar-refractivity contribution >= 4 is 29.7 Å². The van der Waals surface area contributed by atoms with E-state index >= 15 is 0 Å². The van der Waals surface area contributed by atoms with Crippen LogP contribution in [0.4, 0.5) is 0 Å². The Kier molecular flexibility index (Phi) is 36.0. The summed E-state index contributed by atoms with van der Waals surface area (Å²) in [7, 11) is 0. The second kappa shape index (κ2) is 27.0. The van der Waals surface area contributed by atoms with Gasteiger partial charge in [0.2, 0.25) is 5.69 Å². The van der Waals surface area contributed by atoms with Crippen LogP contribution in [0.2, 0.25) is 0 Å². The molecule has 0 bridgehead atoms. The normalized spacial score (nSPS) is 9.32. The Morgan fingerprint density at radius 3 is 1.64 bits per heavy atom. The Hall–Kier alpha value is 0.763. The van der Waals surface area contributed by atoms with Gasteiger partial charge in [0.1, 0.15) is 0 Å². The van der Waals surface area contributed by atoms with Gasteiger partial charge in [0, 0.05) is 19.5 Å². The summed E-state index contributed by atoms with van der Waals surface area (Å²) in [5, 5.41) is 0. The monoisotopic (exact) mass is 455 g/mol. The van der Waals surface area contributed by atoms with Gasteiger partial charge >= 0.3 is 0 Å². The van der Waals surface area contributed by atoms with Crippen LogP contribution < -0.4 is 0 Å². The zero-order valence-electron chi connectivity index (χ0n) is 16.2. The molecule has 0 aliphatic heterocycles. The standard InChI is InChI=1S/C9H19.C6H5.C4H9.H3O2PS2.Zn/c1-3-5-7-9-8-6-4-2;1-2-4-6-5-3-1;1-4(2)3;1-3(2,4)5;/h1,3-9H2,2H3;1-5H;4H,1H2,2-3H3;(H3,1,2,4,5);/q3*-1;;. The molecule has 0 unspecified atom stereocenters. The summed E-state index contributed by atoms with van der Waals surface area (Å²) in [5.41, 5.74) is -3.11.